The molecule has 2 N–H and O–H groups in total. The number of hydrogen-bond donors (Lipinski definition) is 2. The fourth-order valence-electron chi connectivity index (χ4n) is 2.91. The molecule has 142 valence electrons. The van der Waals surface area contributed by atoms with Crippen molar-refractivity contribution >= 4 is 29.9 Å². The fraction of sp³-hybridized carbons (Fsp3) is 0.588. The zero-order chi connectivity index (χ0) is 17.4. The minimum atomic E-state index is -4.11. The van der Waals surface area contributed by atoms with Gasteiger partial charge in [0.05, 0.1) is 6.54 Å². The molecule has 0 amide bonds. The summed E-state index contributed by atoms with van der Waals surface area (Å²) in [6, 6.07) is 10.2. The monoisotopic (exact) mass is 470 g/mol. The van der Waals surface area contributed by atoms with Gasteiger partial charge in [0.1, 0.15) is 0 Å². The van der Waals surface area contributed by atoms with Crippen molar-refractivity contribution in [2.24, 2.45) is 10.9 Å². The summed E-state index contributed by atoms with van der Waals surface area (Å²) in [6.07, 6.45) is -2.44. The van der Waals surface area contributed by atoms with Crippen LogP contribution in [0.1, 0.15) is 12.0 Å². The van der Waals surface area contributed by atoms with E-state index in [9.17, 15) is 13.2 Å². The molecule has 1 aromatic rings. The third kappa shape index (κ3) is 8.75. The molecule has 8 heteroatoms. The predicted octanol–water partition coefficient (Wildman–Crippen LogP) is 2.90. The van der Waals surface area contributed by atoms with Crippen molar-refractivity contribution in [3.05, 3.63) is 35.9 Å². The van der Waals surface area contributed by atoms with E-state index in [4.69, 9.17) is 0 Å². The molecule has 0 saturated carbocycles. The lowest BCUT2D eigenvalue weighted by molar-refractivity contribution is -0.143. The second-order valence-electron chi connectivity index (χ2n) is 6.12. The molecule has 0 spiro atoms. The highest BCUT2D eigenvalue weighted by Crippen LogP contribution is 2.22. The topological polar surface area (TPSA) is 39.7 Å². The molecule has 0 aliphatic carbocycles. The molecule has 1 fully saturated rings. The summed E-state index contributed by atoms with van der Waals surface area (Å²) < 4.78 is 37.2. The number of benzene rings is 1. The molecule has 1 aliphatic heterocycles. The zero-order valence-electron chi connectivity index (χ0n) is 14.4. The van der Waals surface area contributed by atoms with Gasteiger partial charge in [-0.15, -0.1) is 24.0 Å². The first-order valence-corrected chi connectivity index (χ1v) is 8.24. The first-order chi connectivity index (χ1) is 11.5. The molecule has 1 unspecified atom stereocenters. The van der Waals surface area contributed by atoms with E-state index in [0.29, 0.717) is 25.6 Å². The molecule has 1 atom stereocenters. The molecule has 0 aromatic heterocycles. The number of alkyl halides is 3. The van der Waals surface area contributed by atoms with E-state index < -0.39 is 12.7 Å². The normalized spacial score (nSPS) is 18.7. The molecular weight excluding hydrogens is 444 g/mol. The van der Waals surface area contributed by atoms with Crippen LogP contribution in [0.25, 0.3) is 0 Å². The molecule has 0 bridgehead atoms. The van der Waals surface area contributed by atoms with Crippen molar-refractivity contribution in [3.8, 4) is 0 Å². The Morgan fingerprint density at radius 2 is 1.96 bits per heavy atom. The van der Waals surface area contributed by atoms with Gasteiger partial charge in [-0.2, -0.15) is 13.2 Å². The number of nitrogens with zero attached hydrogens (tertiary/aromatic N) is 2. The first-order valence-electron chi connectivity index (χ1n) is 8.24. The highest BCUT2D eigenvalue weighted by Gasteiger charge is 2.34. The highest BCUT2D eigenvalue weighted by atomic mass is 127. The Hall–Kier alpha value is -1.03. The second-order valence-corrected chi connectivity index (χ2v) is 6.12. The van der Waals surface area contributed by atoms with Crippen LogP contribution in [0.3, 0.4) is 0 Å². The Labute approximate surface area is 164 Å². The Morgan fingerprint density at radius 1 is 1.24 bits per heavy atom. The smallest absolute Gasteiger partial charge is 0.356 e. The van der Waals surface area contributed by atoms with Gasteiger partial charge < -0.3 is 10.6 Å². The van der Waals surface area contributed by atoms with Gasteiger partial charge in [-0.25, -0.2) is 0 Å². The molecule has 25 heavy (non-hydrogen) atoms. The molecule has 1 saturated heterocycles. The summed E-state index contributed by atoms with van der Waals surface area (Å²) in [4.78, 5) is 5.63. The van der Waals surface area contributed by atoms with Crippen LogP contribution in [0.15, 0.2) is 35.3 Å². The van der Waals surface area contributed by atoms with Crippen LogP contribution >= 0.6 is 24.0 Å². The van der Waals surface area contributed by atoms with Gasteiger partial charge in [0.2, 0.25) is 0 Å². The third-order valence-electron chi connectivity index (χ3n) is 4.10. The lowest BCUT2D eigenvalue weighted by Crippen LogP contribution is -2.41. The van der Waals surface area contributed by atoms with Crippen LogP contribution in [0.5, 0.6) is 0 Å². The Kier molecular flexibility index (Phi) is 9.55. The number of hydrogen-bond acceptors (Lipinski definition) is 2. The third-order valence-corrected chi connectivity index (χ3v) is 4.10. The second kappa shape index (κ2) is 10.8. The maximum absolute atomic E-state index is 12.4. The van der Waals surface area contributed by atoms with Crippen molar-refractivity contribution < 1.29 is 13.2 Å². The summed E-state index contributed by atoms with van der Waals surface area (Å²) in [5, 5.41) is 6.45. The minimum absolute atomic E-state index is 0. The number of rotatable bonds is 6. The van der Waals surface area contributed by atoms with Crippen molar-refractivity contribution in [2.75, 3.05) is 39.8 Å². The van der Waals surface area contributed by atoms with Crippen molar-refractivity contribution in [1.82, 2.24) is 15.5 Å². The van der Waals surface area contributed by atoms with Crippen LogP contribution in [0, 0.1) is 5.92 Å². The summed E-state index contributed by atoms with van der Waals surface area (Å²) >= 11 is 0. The summed E-state index contributed by atoms with van der Waals surface area (Å²) in [5.41, 5.74) is 1.25. The fourth-order valence-corrected chi connectivity index (χ4v) is 2.91. The lowest BCUT2D eigenvalue weighted by Gasteiger charge is -2.18. The Morgan fingerprint density at radius 3 is 2.60 bits per heavy atom. The van der Waals surface area contributed by atoms with E-state index in [1.54, 1.807) is 7.05 Å². The van der Waals surface area contributed by atoms with Gasteiger partial charge in [0, 0.05) is 26.7 Å². The minimum Gasteiger partial charge on any atom is -0.356 e. The van der Waals surface area contributed by atoms with Crippen LogP contribution in [-0.4, -0.2) is 56.8 Å². The lowest BCUT2D eigenvalue weighted by atomic mass is 10.1. The predicted molar refractivity (Wildman–Crippen MR) is 106 cm³/mol. The van der Waals surface area contributed by atoms with E-state index in [1.165, 1.54) is 10.5 Å². The van der Waals surface area contributed by atoms with Crippen LogP contribution in [0.4, 0.5) is 13.2 Å². The van der Waals surface area contributed by atoms with Gasteiger partial charge in [-0.3, -0.25) is 9.89 Å². The average molecular weight is 470 g/mol. The standard InChI is InChI=1S/C17H25F3N4.HI/c1-21-16(22-9-7-14-5-3-2-4-6-14)23-11-15-8-10-24(12-15)13-17(18,19)20;/h2-6,15H,7-13H2,1H3,(H2,21,22,23);1H. The van der Waals surface area contributed by atoms with E-state index in [1.807, 2.05) is 18.2 Å². The zero-order valence-corrected chi connectivity index (χ0v) is 16.7. The van der Waals surface area contributed by atoms with Crippen LogP contribution in [-0.2, 0) is 6.42 Å². The number of halogens is 4. The summed E-state index contributed by atoms with van der Waals surface area (Å²) in [7, 11) is 1.70. The van der Waals surface area contributed by atoms with E-state index in [0.717, 1.165) is 19.4 Å². The van der Waals surface area contributed by atoms with Gasteiger partial charge in [-0.1, -0.05) is 30.3 Å². The first kappa shape index (κ1) is 22.0. The maximum Gasteiger partial charge on any atom is 0.401 e. The molecular formula is C17H26F3IN4. The Bertz CT molecular complexity index is 522. The maximum atomic E-state index is 12.4. The van der Waals surface area contributed by atoms with E-state index >= 15 is 0 Å². The number of nitrogens with one attached hydrogen (secondary N) is 2. The van der Waals surface area contributed by atoms with Crippen LogP contribution in [0.2, 0.25) is 0 Å². The van der Waals surface area contributed by atoms with E-state index in [-0.39, 0.29) is 29.9 Å². The Balaban J connectivity index is 0.00000312. The van der Waals surface area contributed by atoms with E-state index in [2.05, 4.69) is 27.8 Å². The molecule has 1 aromatic carbocycles. The molecule has 2 rings (SSSR count). The summed E-state index contributed by atoms with van der Waals surface area (Å²) in [5.74, 6) is 0.917. The SMILES string of the molecule is CN=C(NCCc1ccccc1)NCC1CCN(CC(F)(F)F)C1.I. The largest absolute Gasteiger partial charge is 0.401 e. The average Bonchev–Trinajstić information content (AvgIpc) is 2.97. The molecule has 1 heterocycles. The van der Waals surface area contributed by atoms with Gasteiger partial charge in [0.15, 0.2) is 5.96 Å². The van der Waals surface area contributed by atoms with Crippen molar-refractivity contribution in [1.29, 1.82) is 0 Å². The number of aliphatic imine (C=N–C) groups is 1. The highest BCUT2D eigenvalue weighted by molar-refractivity contribution is 14.0. The van der Waals surface area contributed by atoms with Gasteiger partial charge in [0.25, 0.3) is 0 Å². The summed E-state index contributed by atoms with van der Waals surface area (Å²) in [6.45, 7) is 1.57. The number of likely N-dealkylation sites (tertiary alicyclic amines) is 1. The van der Waals surface area contributed by atoms with Crippen molar-refractivity contribution in [2.45, 2.75) is 19.0 Å². The van der Waals surface area contributed by atoms with Gasteiger partial charge in [-0.05, 0) is 30.9 Å². The van der Waals surface area contributed by atoms with Gasteiger partial charge >= 0.3 is 6.18 Å². The molecule has 1 aliphatic rings. The van der Waals surface area contributed by atoms with Crippen molar-refractivity contribution in [3.63, 3.8) is 0 Å². The molecule has 0 radical (unpaired) electrons. The quantitative estimate of drug-likeness (QED) is 0.382. The number of guanidine groups is 1. The van der Waals surface area contributed by atoms with Crippen LogP contribution < -0.4 is 10.6 Å². The molecule has 4 nitrogen and oxygen atoms in total.